The molecular weight excluding hydrogens is 256 g/mol. The Bertz CT molecular complexity index is 411. The van der Waals surface area contributed by atoms with Crippen molar-refractivity contribution in [2.24, 2.45) is 23.0 Å². The van der Waals surface area contributed by atoms with Crippen LogP contribution >= 0.6 is 0 Å². The molecule has 112 valence electrons. The molecule has 0 bridgehead atoms. The number of carboxylic acid groups (broad SMARTS) is 1. The summed E-state index contributed by atoms with van der Waals surface area (Å²) < 4.78 is 0. The number of carbonyl (C=O) groups is 2. The van der Waals surface area contributed by atoms with Crippen LogP contribution in [0.25, 0.3) is 0 Å². The van der Waals surface area contributed by atoms with Crippen molar-refractivity contribution in [3.8, 4) is 0 Å². The van der Waals surface area contributed by atoms with Crippen LogP contribution in [0.1, 0.15) is 39.0 Å². The van der Waals surface area contributed by atoms with Crippen LogP contribution in [0.4, 0.5) is 0 Å². The second-order valence-corrected chi connectivity index (χ2v) is 6.31. The molecular formula is C15H24N2O3. The van der Waals surface area contributed by atoms with Crippen LogP contribution in [0, 0.1) is 17.3 Å². The molecule has 20 heavy (non-hydrogen) atoms. The number of nitrogens with one attached hydrogen (secondary N) is 1. The summed E-state index contributed by atoms with van der Waals surface area (Å²) in [6, 6.07) is -0.175. The highest BCUT2D eigenvalue weighted by molar-refractivity contribution is 5.84. The van der Waals surface area contributed by atoms with Gasteiger partial charge in [-0.2, -0.15) is 0 Å². The second kappa shape index (κ2) is 5.95. The molecule has 2 aliphatic carbocycles. The Kier molecular flexibility index (Phi) is 4.48. The number of carboxylic acids is 1. The van der Waals surface area contributed by atoms with Gasteiger partial charge in [-0.15, -0.1) is 0 Å². The van der Waals surface area contributed by atoms with Crippen LogP contribution in [0.3, 0.4) is 0 Å². The molecule has 2 aliphatic rings. The zero-order chi connectivity index (χ0) is 14.8. The normalized spacial score (nSPS) is 36.8. The number of amides is 1. The van der Waals surface area contributed by atoms with Gasteiger partial charge in [0, 0.05) is 12.6 Å². The maximum absolute atomic E-state index is 12.5. The van der Waals surface area contributed by atoms with Crippen molar-refractivity contribution in [3.05, 3.63) is 12.2 Å². The third-order valence-electron chi connectivity index (χ3n) is 4.82. The molecule has 2 unspecified atom stereocenters. The van der Waals surface area contributed by atoms with E-state index < -0.39 is 17.3 Å². The molecule has 0 aromatic heterocycles. The van der Waals surface area contributed by atoms with Gasteiger partial charge >= 0.3 is 5.97 Å². The van der Waals surface area contributed by atoms with Crippen LogP contribution in [-0.2, 0) is 9.59 Å². The summed E-state index contributed by atoms with van der Waals surface area (Å²) in [5.41, 5.74) is 5.40. The topological polar surface area (TPSA) is 92.4 Å². The molecule has 1 saturated carbocycles. The Labute approximate surface area is 119 Å². The lowest BCUT2D eigenvalue weighted by Gasteiger charge is -2.37. The molecule has 5 nitrogen and oxygen atoms in total. The van der Waals surface area contributed by atoms with Gasteiger partial charge in [0.2, 0.25) is 5.91 Å². The van der Waals surface area contributed by atoms with Gasteiger partial charge in [-0.25, -0.2) is 0 Å². The Balaban J connectivity index is 1.94. The van der Waals surface area contributed by atoms with Gasteiger partial charge in [-0.05, 0) is 38.0 Å². The molecule has 2 rings (SSSR count). The summed E-state index contributed by atoms with van der Waals surface area (Å²) in [6.45, 7) is 2.57. The van der Waals surface area contributed by atoms with Gasteiger partial charge in [-0.3, -0.25) is 9.59 Å². The number of aliphatic carboxylic acids is 1. The second-order valence-electron chi connectivity index (χ2n) is 6.31. The Morgan fingerprint density at radius 2 is 2.00 bits per heavy atom. The highest BCUT2D eigenvalue weighted by atomic mass is 16.4. The number of nitrogens with two attached hydrogens (primary N) is 1. The Morgan fingerprint density at radius 1 is 1.35 bits per heavy atom. The van der Waals surface area contributed by atoms with Crippen LogP contribution in [-0.4, -0.2) is 29.6 Å². The molecule has 0 heterocycles. The van der Waals surface area contributed by atoms with Crippen LogP contribution in [0.2, 0.25) is 0 Å². The zero-order valence-corrected chi connectivity index (χ0v) is 12.0. The number of hydrogen-bond acceptors (Lipinski definition) is 3. The van der Waals surface area contributed by atoms with Gasteiger partial charge in [0.05, 0.1) is 11.3 Å². The quantitative estimate of drug-likeness (QED) is 0.676. The smallest absolute Gasteiger partial charge is 0.310 e. The minimum Gasteiger partial charge on any atom is -0.481 e. The summed E-state index contributed by atoms with van der Waals surface area (Å²) in [5.74, 6) is -0.670. The van der Waals surface area contributed by atoms with Crippen LogP contribution in [0.5, 0.6) is 0 Å². The standard InChI is InChI=1S/C15H24N2O3/c1-10-4-6-15(9-16,7-5-10)14(20)17-12-3-2-11(8-12)13(18)19/h2-3,10-12H,4-9,16H2,1H3,(H,17,20)(H,18,19). The van der Waals surface area contributed by atoms with Gasteiger partial charge in [-0.1, -0.05) is 19.1 Å². The van der Waals surface area contributed by atoms with Gasteiger partial charge in [0.15, 0.2) is 0 Å². The highest BCUT2D eigenvalue weighted by Gasteiger charge is 2.41. The molecule has 4 N–H and O–H groups in total. The number of hydrogen-bond donors (Lipinski definition) is 3. The monoisotopic (exact) mass is 280 g/mol. The molecule has 0 aliphatic heterocycles. The predicted octanol–water partition coefficient (Wildman–Crippen LogP) is 1.29. The van der Waals surface area contributed by atoms with E-state index >= 15 is 0 Å². The third-order valence-corrected chi connectivity index (χ3v) is 4.82. The summed E-state index contributed by atoms with van der Waals surface area (Å²) in [6.07, 6.45) is 7.60. The lowest BCUT2D eigenvalue weighted by atomic mass is 9.70. The van der Waals surface area contributed by atoms with Crippen molar-refractivity contribution in [1.82, 2.24) is 5.32 Å². The van der Waals surface area contributed by atoms with Crippen molar-refractivity contribution in [3.63, 3.8) is 0 Å². The molecule has 0 radical (unpaired) electrons. The molecule has 0 spiro atoms. The van der Waals surface area contributed by atoms with E-state index in [1.807, 2.05) is 0 Å². The molecule has 0 saturated heterocycles. The Morgan fingerprint density at radius 3 is 2.50 bits per heavy atom. The fourth-order valence-electron chi connectivity index (χ4n) is 3.15. The molecule has 2 atom stereocenters. The maximum atomic E-state index is 12.5. The Hall–Kier alpha value is -1.36. The summed E-state index contributed by atoms with van der Waals surface area (Å²) in [7, 11) is 0. The van der Waals surface area contributed by atoms with Gasteiger partial charge in [0.25, 0.3) is 0 Å². The first kappa shape index (κ1) is 15.0. The largest absolute Gasteiger partial charge is 0.481 e. The first-order chi connectivity index (χ1) is 9.47. The highest BCUT2D eigenvalue weighted by Crippen LogP contribution is 2.38. The van der Waals surface area contributed by atoms with Crippen LogP contribution in [0.15, 0.2) is 12.2 Å². The molecule has 0 aromatic carbocycles. The van der Waals surface area contributed by atoms with Crippen molar-refractivity contribution in [1.29, 1.82) is 0 Å². The van der Waals surface area contributed by atoms with E-state index in [9.17, 15) is 9.59 Å². The van der Waals surface area contributed by atoms with Gasteiger partial charge < -0.3 is 16.2 Å². The fraction of sp³-hybridized carbons (Fsp3) is 0.733. The molecule has 1 fully saturated rings. The SMILES string of the molecule is CC1CCC(CN)(C(=O)NC2C=CC(C(=O)O)C2)CC1. The summed E-state index contributed by atoms with van der Waals surface area (Å²) >= 11 is 0. The van der Waals surface area contributed by atoms with E-state index in [1.165, 1.54) is 0 Å². The van der Waals surface area contributed by atoms with Crippen molar-refractivity contribution in [2.45, 2.75) is 45.1 Å². The lowest BCUT2D eigenvalue weighted by Crippen LogP contribution is -2.50. The first-order valence-electron chi connectivity index (χ1n) is 7.39. The van der Waals surface area contributed by atoms with E-state index in [0.717, 1.165) is 25.7 Å². The summed E-state index contributed by atoms with van der Waals surface area (Å²) in [5, 5.41) is 11.9. The maximum Gasteiger partial charge on any atom is 0.310 e. The average molecular weight is 280 g/mol. The number of rotatable bonds is 4. The van der Waals surface area contributed by atoms with Crippen molar-refractivity contribution in [2.75, 3.05) is 6.54 Å². The molecule has 5 heteroatoms. The molecule has 1 amide bonds. The van der Waals surface area contributed by atoms with Crippen molar-refractivity contribution < 1.29 is 14.7 Å². The average Bonchev–Trinajstić information content (AvgIpc) is 2.88. The molecule has 0 aromatic rings. The minimum absolute atomic E-state index is 0.00686. The van der Waals surface area contributed by atoms with E-state index in [-0.39, 0.29) is 11.9 Å². The van der Waals surface area contributed by atoms with Gasteiger partial charge in [0.1, 0.15) is 0 Å². The first-order valence-corrected chi connectivity index (χ1v) is 7.39. The lowest BCUT2D eigenvalue weighted by molar-refractivity contribution is -0.140. The fourth-order valence-corrected chi connectivity index (χ4v) is 3.15. The minimum atomic E-state index is -0.835. The van der Waals surface area contributed by atoms with E-state index in [4.69, 9.17) is 10.8 Å². The van der Waals surface area contributed by atoms with E-state index in [2.05, 4.69) is 12.2 Å². The van der Waals surface area contributed by atoms with E-state index in [0.29, 0.717) is 18.9 Å². The zero-order valence-electron chi connectivity index (χ0n) is 12.0. The van der Waals surface area contributed by atoms with Crippen LogP contribution < -0.4 is 11.1 Å². The number of carbonyl (C=O) groups excluding carboxylic acids is 1. The van der Waals surface area contributed by atoms with E-state index in [1.54, 1.807) is 12.2 Å². The third kappa shape index (κ3) is 3.03. The predicted molar refractivity (Wildman–Crippen MR) is 75.9 cm³/mol. The van der Waals surface area contributed by atoms with Crippen molar-refractivity contribution >= 4 is 11.9 Å². The summed E-state index contributed by atoms with van der Waals surface area (Å²) in [4.78, 5) is 23.4.